The van der Waals surface area contributed by atoms with Gasteiger partial charge in [-0.1, -0.05) is 0 Å². The van der Waals surface area contributed by atoms with Crippen LogP contribution in [0.2, 0.25) is 0 Å². The highest BCUT2D eigenvalue weighted by Gasteiger charge is 2.11. The number of ether oxygens (including phenoxy) is 1. The minimum Gasteiger partial charge on any atom is -0.491 e. The van der Waals surface area contributed by atoms with Gasteiger partial charge in [-0.2, -0.15) is 5.10 Å². The molecule has 102 valence electrons. The smallest absolute Gasteiger partial charge is 0.181 e. The van der Waals surface area contributed by atoms with E-state index in [0.29, 0.717) is 31.0 Å². The van der Waals surface area contributed by atoms with Crippen LogP contribution < -0.4 is 10.5 Å². The zero-order valence-corrected chi connectivity index (χ0v) is 11.1. The number of halogens is 1. The number of hydrogen-bond acceptors (Lipinski definition) is 4. The zero-order valence-electron chi connectivity index (χ0n) is 11.1. The molecule has 0 aliphatic heterocycles. The summed E-state index contributed by atoms with van der Waals surface area (Å²) in [6.45, 7) is 2.75. The van der Waals surface area contributed by atoms with Crippen LogP contribution in [-0.2, 0) is 13.5 Å². The van der Waals surface area contributed by atoms with E-state index in [9.17, 15) is 4.39 Å². The fourth-order valence-electron chi connectivity index (χ4n) is 1.80. The molecule has 0 amide bonds. The van der Waals surface area contributed by atoms with E-state index in [2.05, 4.69) is 10.1 Å². The molecule has 2 N–H and O–H groups in total. The Bertz CT molecular complexity index is 568. The summed E-state index contributed by atoms with van der Waals surface area (Å²) in [5.41, 5.74) is 6.12. The van der Waals surface area contributed by atoms with Gasteiger partial charge in [0, 0.05) is 19.0 Å². The number of benzene rings is 1. The van der Waals surface area contributed by atoms with Gasteiger partial charge in [0.05, 0.1) is 6.61 Å². The molecule has 1 heterocycles. The van der Waals surface area contributed by atoms with Gasteiger partial charge < -0.3 is 10.5 Å². The van der Waals surface area contributed by atoms with Gasteiger partial charge >= 0.3 is 0 Å². The SMILES string of the molecule is CCOc1ccc(-c2nc(CCN)n(C)n2)cc1F. The molecule has 0 atom stereocenters. The summed E-state index contributed by atoms with van der Waals surface area (Å²) < 4.78 is 20.6. The van der Waals surface area contributed by atoms with Crippen molar-refractivity contribution in [2.45, 2.75) is 13.3 Å². The monoisotopic (exact) mass is 264 g/mol. The first-order valence-corrected chi connectivity index (χ1v) is 6.18. The Morgan fingerprint density at radius 3 is 2.84 bits per heavy atom. The van der Waals surface area contributed by atoms with Crippen LogP contribution in [0.4, 0.5) is 4.39 Å². The van der Waals surface area contributed by atoms with E-state index in [4.69, 9.17) is 10.5 Å². The van der Waals surface area contributed by atoms with Gasteiger partial charge in [-0.3, -0.25) is 4.68 Å². The van der Waals surface area contributed by atoms with Crippen LogP contribution in [0.3, 0.4) is 0 Å². The molecule has 1 aromatic heterocycles. The lowest BCUT2D eigenvalue weighted by Crippen LogP contribution is -2.08. The van der Waals surface area contributed by atoms with Crippen LogP contribution in [0.1, 0.15) is 12.7 Å². The van der Waals surface area contributed by atoms with E-state index in [0.717, 1.165) is 5.82 Å². The molecular weight excluding hydrogens is 247 g/mol. The number of hydrogen-bond donors (Lipinski definition) is 1. The molecule has 0 aliphatic carbocycles. The Balaban J connectivity index is 2.31. The fourth-order valence-corrected chi connectivity index (χ4v) is 1.80. The Morgan fingerprint density at radius 1 is 1.42 bits per heavy atom. The van der Waals surface area contributed by atoms with Crippen molar-refractivity contribution in [3.05, 3.63) is 29.8 Å². The van der Waals surface area contributed by atoms with Crippen molar-refractivity contribution in [2.75, 3.05) is 13.2 Å². The largest absolute Gasteiger partial charge is 0.491 e. The molecule has 5 nitrogen and oxygen atoms in total. The van der Waals surface area contributed by atoms with Gasteiger partial charge in [-0.25, -0.2) is 9.37 Å². The van der Waals surface area contributed by atoms with Gasteiger partial charge in [-0.05, 0) is 31.7 Å². The quantitative estimate of drug-likeness (QED) is 0.889. The summed E-state index contributed by atoms with van der Waals surface area (Å²) >= 11 is 0. The Morgan fingerprint density at radius 2 is 2.21 bits per heavy atom. The lowest BCUT2D eigenvalue weighted by molar-refractivity contribution is 0.321. The van der Waals surface area contributed by atoms with Gasteiger partial charge in [0.25, 0.3) is 0 Å². The first-order chi connectivity index (χ1) is 9.15. The summed E-state index contributed by atoms with van der Waals surface area (Å²) in [6, 6.07) is 4.72. The average Bonchev–Trinajstić information content (AvgIpc) is 2.74. The maximum atomic E-state index is 13.8. The second kappa shape index (κ2) is 5.79. The number of nitrogens with two attached hydrogens (primary N) is 1. The molecule has 0 saturated carbocycles. The molecular formula is C13H17FN4O. The number of aromatic nitrogens is 3. The maximum absolute atomic E-state index is 13.8. The summed E-state index contributed by atoms with van der Waals surface area (Å²) in [4.78, 5) is 4.35. The van der Waals surface area contributed by atoms with Crippen molar-refractivity contribution < 1.29 is 9.13 Å². The summed E-state index contributed by atoms with van der Waals surface area (Å²) in [7, 11) is 1.80. The summed E-state index contributed by atoms with van der Waals surface area (Å²) in [5, 5.41) is 4.26. The summed E-state index contributed by atoms with van der Waals surface area (Å²) in [6.07, 6.45) is 0.642. The van der Waals surface area contributed by atoms with E-state index in [1.807, 2.05) is 6.92 Å². The van der Waals surface area contributed by atoms with Crippen LogP contribution >= 0.6 is 0 Å². The standard InChI is InChI=1S/C13H17FN4O/c1-3-19-11-5-4-9(8-10(11)14)13-16-12(6-7-15)18(2)17-13/h4-5,8H,3,6-7,15H2,1-2H3. The van der Waals surface area contributed by atoms with Crippen molar-refractivity contribution in [3.63, 3.8) is 0 Å². The number of nitrogens with zero attached hydrogens (tertiary/aromatic N) is 3. The average molecular weight is 264 g/mol. The van der Waals surface area contributed by atoms with Crippen molar-refractivity contribution in [3.8, 4) is 17.1 Å². The Kier molecular flexibility index (Phi) is 4.11. The van der Waals surface area contributed by atoms with E-state index in [1.165, 1.54) is 6.07 Å². The fraction of sp³-hybridized carbons (Fsp3) is 0.385. The molecule has 0 bridgehead atoms. The second-order valence-electron chi connectivity index (χ2n) is 4.09. The second-order valence-corrected chi connectivity index (χ2v) is 4.09. The van der Waals surface area contributed by atoms with Crippen molar-refractivity contribution in [1.29, 1.82) is 0 Å². The molecule has 0 radical (unpaired) electrons. The van der Waals surface area contributed by atoms with E-state index < -0.39 is 5.82 Å². The summed E-state index contributed by atoms with van der Waals surface area (Å²) in [5.74, 6) is 1.11. The van der Waals surface area contributed by atoms with Crippen molar-refractivity contribution in [1.82, 2.24) is 14.8 Å². The van der Waals surface area contributed by atoms with E-state index in [1.54, 1.807) is 23.9 Å². The minimum atomic E-state index is -0.410. The van der Waals surface area contributed by atoms with Gasteiger partial charge in [0.2, 0.25) is 0 Å². The molecule has 2 rings (SSSR count). The molecule has 0 saturated heterocycles. The third kappa shape index (κ3) is 2.90. The van der Waals surface area contributed by atoms with E-state index in [-0.39, 0.29) is 5.75 Å². The first-order valence-electron chi connectivity index (χ1n) is 6.18. The molecule has 1 aromatic carbocycles. The predicted octanol–water partition coefficient (Wildman–Crippen LogP) is 1.52. The third-order valence-electron chi connectivity index (χ3n) is 2.71. The van der Waals surface area contributed by atoms with Gasteiger partial charge in [0.15, 0.2) is 17.4 Å². The zero-order chi connectivity index (χ0) is 13.8. The molecule has 0 spiro atoms. The van der Waals surface area contributed by atoms with Crippen LogP contribution in [0, 0.1) is 5.82 Å². The normalized spacial score (nSPS) is 10.7. The van der Waals surface area contributed by atoms with Crippen LogP contribution in [0.25, 0.3) is 11.4 Å². The lowest BCUT2D eigenvalue weighted by atomic mass is 10.2. The van der Waals surface area contributed by atoms with E-state index >= 15 is 0 Å². The predicted molar refractivity (Wildman–Crippen MR) is 70.3 cm³/mol. The topological polar surface area (TPSA) is 66.0 Å². The highest BCUT2D eigenvalue weighted by molar-refractivity contribution is 5.56. The van der Waals surface area contributed by atoms with Crippen LogP contribution in [0.5, 0.6) is 5.75 Å². The Labute approximate surface area is 111 Å². The Hall–Kier alpha value is -1.95. The van der Waals surface area contributed by atoms with Gasteiger partial charge in [0.1, 0.15) is 5.82 Å². The maximum Gasteiger partial charge on any atom is 0.181 e. The third-order valence-corrected chi connectivity index (χ3v) is 2.71. The molecule has 2 aromatic rings. The van der Waals surface area contributed by atoms with Crippen LogP contribution in [0.15, 0.2) is 18.2 Å². The molecule has 0 fully saturated rings. The minimum absolute atomic E-state index is 0.240. The molecule has 6 heteroatoms. The number of aryl methyl sites for hydroxylation is 1. The first kappa shape index (κ1) is 13.5. The number of rotatable bonds is 5. The lowest BCUT2D eigenvalue weighted by Gasteiger charge is -2.04. The molecule has 0 aliphatic rings. The van der Waals surface area contributed by atoms with Gasteiger partial charge in [-0.15, -0.1) is 0 Å². The highest BCUT2D eigenvalue weighted by Crippen LogP contribution is 2.23. The molecule has 0 unspecified atom stereocenters. The van der Waals surface area contributed by atoms with Crippen LogP contribution in [-0.4, -0.2) is 27.9 Å². The van der Waals surface area contributed by atoms with Crippen molar-refractivity contribution in [2.24, 2.45) is 12.8 Å². The highest BCUT2D eigenvalue weighted by atomic mass is 19.1. The molecule has 19 heavy (non-hydrogen) atoms. The van der Waals surface area contributed by atoms with Crippen molar-refractivity contribution >= 4 is 0 Å².